The second-order valence-corrected chi connectivity index (χ2v) is 4.69. The van der Waals surface area contributed by atoms with E-state index in [0.717, 1.165) is 22.6 Å². The van der Waals surface area contributed by atoms with Crippen LogP contribution in [-0.4, -0.2) is 19.1 Å². The molecule has 2 rings (SSSR count). The third kappa shape index (κ3) is 4.09. The van der Waals surface area contributed by atoms with E-state index in [0.29, 0.717) is 0 Å². The first-order valence-corrected chi connectivity index (χ1v) is 6.74. The SMILES string of the molecule is COc1ccc(/C=C(\Cc2ccc(OC)cc2)[N+](=O)[O-])cc1. The Morgan fingerprint density at radius 1 is 1.00 bits per heavy atom. The molecule has 0 bridgehead atoms. The number of methoxy groups -OCH3 is 2. The average molecular weight is 299 g/mol. The fourth-order valence-electron chi connectivity index (χ4n) is 2.01. The van der Waals surface area contributed by atoms with Gasteiger partial charge in [0.1, 0.15) is 11.5 Å². The third-order valence-corrected chi connectivity index (χ3v) is 3.23. The molecule has 22 heavy (non-hydrogen) atoms. The van der Waals surface area contributed by atoms with Gasteiger partial charge >= 0.3 is 0 Å². The Balaban J connectivity index is 2.20. The molecule has 0 aliphatic rings. The van der Waals surface area contributed by atoms with Crippen molar-refractivity contribution in [2.75, 3.05) is 14.2 Å². The lowest BCUT2D eigenvalue weighted by Crippen LogP contribution is -2.02. The number of rotatable bonds is 6. The highest BCUT2D eigenvalue weighted by atomic mass is 16.6. The summed E-state index contributed by atoms with van der Waals surface area (Å²) < 4.78 is 10.2. The van der Waals surface area contributed by atoms with E-state index in [1.165, 1.54) is 0 Å². The number of ether oxygens (including phenoxy) is 2. The summed E-state index contributed by atoms with van der Waals surface area (Å²) in [6, 6.07) is 14.4. The summed E-state index contributed by atoms with van der Waals surface area (Å²) in [5.41, 5.74) is 1.76. The maximum atomic E-state index is 11.2. The molecular formula is C17H17NO4. The predicted molar refractivity (Wildman–Crippen MR) is 84.7 cm³/mol. The van der Waals surface area contributed by atoms with E-state index < -0.39 is 0 Å². The number of hydrogen-bond donors (Lipinski definition) is 0. The number of nitro groups is 1. The molecule has 2 aromatic carbocycles. The molecule has 2 aromatic rings. The van der Waals surface area contributed by atoms with E-state index in [1.807, 2.05) is 12.1 Å². The van der Waals surface area contributed by atoms with Crippen LogP contribution in [-0.2, 0) is 6.42 Å². The van der Waals surface area contributed by atoms with Gasteiger partial charge in [-0.2, -0.15) is 0 Å². The van der Waals surface area contributed by atoms with Gasteiger partial charge < -0.3 is 9.47 Å². The van der Waals surface area contributed by atoms with Crippen molar-refractivity contribution in [3.63, 3.8) is 0 Å². The average Bonchev–Trinajstić information content (AvgIpc) is 2.55. The molecule has 0 amide bonds. The van der Waals surface area contributed by atoms with Crippen LogP contribution in [0.25, 0.3) is 6.08 Å². The normalized spacial score (nSPS) is 11.1. The van der Waals surface area contributed by atoms with Gasteiger partial charge in [-0.15, -0.1) is 0 Å². The molecule has 5 nitrogen and oxygen atoms in total. The molecule has 0 radical (unpaired) electrons. The number of benzene rings is 2. The van der Waals surface area contributed by atoms with Gasteiger partial charge in [0.2, 0.25) is 0 Å². The van der Waals surface area contributed by atoms with Gasteiger partial charge in [-0.05, 0) is 35.4 Å². The first-order chi connectivity index (χ1) is 10.6. The molecule has 0 aliphatic heterocycles. The molecule has 0 saturated heterocycles. The van der Waals surface area contributed by atoms with Crippen LogP contribution < -0.4 is 9.47 Å². The third-order valence-electron chi connectivity index (χ3n) is 3.23. The lowest BCUT2D eigenvalue weighted by atomic mass is 10.1. The molecule has 0 atom stereocenters. The first kappa shape index (κ1) is 15.6. The minimum Gasteiger partial charge on any atom is -0.497 e. The van der Waals surface area contributed by atoms with Crippen molar-refractivity contribution < 1.29 is 14.4 Å². The second-order valence-electron chi connectivity index (χ2n) is 4.69. The van der Waals surface area contributed by atoms with Crippen LogP contribution in [0, 0.1) is 10.1 Å². The van der Waals surface area contributed by atoms with Crippen LogP contribution in [0.4, 0.5) is 0 Å². The first-order valence-electron chi connectivity index (χ1n) is 6.74. The van der Waals surface area contributed by atoms with Crippen molar-refractivity contribution in [3.05, 3.63) is 75.5 Å². The number of hydrogen-bond acceptors (Lipinski definition) is 4. The van der Waals surface area contributed by atoms with Gasteiger partial charge in [0.05, 0.1) is 25.6 Å². The van der Waals surface area contributed by atoms with Gasteiger partial charge in [0.25, 0.3) is 5.70 Å². The summed E-state index contributed by atoms with van der Waals surface area (Å²) in [5.74, 6) is 1.44. The van der Waals surface area contributed by atoms with E-state index in [9.17, 15) is 10.1 Å². The molecule has 0 aromatic heterocycles. The van der Waals surface area contributed by atoms with Crippen LogP contribution in [0.3, 0.4) is 0 Å². The zero-order valence-electron chi connectivity index (χ0n) is 12.5. The second kappa shape index (κ2) is 7.26. The maximum Gasteiger partial charge on any atom is 0.251 e. The molecule has 0 fully saturated rings. The standard InChI is InChI=1S/C17H17NO4/c1-21-16-7-3-13(4-8-16)11-15(18(19)20)12-14-5-9-17(22-2)10-6-14/h3-11H,12H2,1-2H3/b15-11+. The Bertz CT molecular complexity index is 660. The fraction of sp³-hybridized carbons (Fsp3) is 0.176. The van der Waals surface area contributed by atoms with Gasteiger partial charge in [-0.1, -0.05) is 24.3 Å². The van der Waals surface area contributed by atoms with Gasteiger partial charge in [-0.25, -0.2) is 0 Å². The van der Waals surface area contributed by atoms with Crippen molar-refractivity contribution in [3.8, 4) is 11.5 Å². The molecule has 114 valence electrons. The van der Waals surface area contributed by atoms with Crippen molar-refractivity contribution in [1.29, 1.82) is 0 Å². The van der Waals surface area contributed by atoms with Crippen molar-refractivity contribution >= 4 is 6.08 Å². The Morgan fingerprint density at radius 3 is 1.95 bits per heavy atom. The largest absolute Gasteiger partial charge is 0.497 e. The topological polar surface area (TPSA) is 61.6 Å². The minimum atomic E-state index is -0.353. The molecule has 0 spiro atoms. The summed E-state index contributed by atoms with van der Waals surface area (Å²) in [4.78, 5) is 10.9. The Morgan fingerprint density at radius 2 is 1.50 bits per heavy atom. The molecule has 0 unspecified atom stereocenters. The van der Waals surface area contributed by atoms with Crippen molar-refractivity contribution in [1.82, 2.24) is 0 Å². The van der Waals surface area contributed by atoms with Crippen molar-refractivity contribution in [2.45, 2.75) is 6.42 Å². The van der Waals surface area contributed by atoms with E-state index >= 15 is 0 Å². The van der Waals surface area contributed by atoms with E-state index in [1.54, 1.807) is 56.7 Å². The molecule has 0 aliphatic carbocycles. The highest BCUT2D eigenvalue weighted by molar-refractivity contribution is 5.53. The van der Waals surface area contributed by atoms with Crippen LogP contribution in [0.15, 0.2) is 54.2 Å². The molecule has 5 heteroatoms. The predicted octanol–water partition coefficient (Wildman–Crippen LogP) is 3.56. The van der Waals surface area contributed by atoms with Crippen LogP contribution in [0.2, 0.25) is 0 Å². The van der Waals surface area contributed by atoms with E-state index in [4.69, 9.17) is 9.47 Å². The Labute approximate surface area is 129 Å². The summed E-state index contributed by atoms with van der Waals surface area (Å²) in [7, 11) is 3.16. The molecule has 0 heterocycles. The van der Waals surface area contributed by atoms with E-state index in [2.05, 4.69) is 0 Å². The monoisotopic (exact) mass is 299 g/mol. The smallest absolute Gasteiger partial charge is 0.251 e. The Hall–Kier alpha value is -2.82. The van der Waals surface area contributed by atoms with Gasteiger partial charge in [-0.3, -0.25) is 10.1 Å². The van der Waals surface area contributed by atoms with Crippen LogP contribution >= 0.6 is 0 Å². The van der Waals surface area contributed by atoms with Crippen molar-refractivity contribution in [2.24, 2.45) is 0 Å². The maximum absolute atomic E-state index is 11.2. The highest BCUT2D eigenvalue weighted by Gasteiger charge is 2.12. The van der Waals surface area contributed by atoms with Crippen LogP contribution in [0.5, 0.6) is 11.5 Å². The number of allylic oxidation sites excluding steroid dienone is 1. The van der Waals surface area contributed by atoms with Gasteiger partial charge in [0, 0.05) is 6.08 Å². The minimum absolute atomic E-state index is 0.135. The fourth-order valence-corrected chi connectivity index (χ4v) is 2.01. The highest BCUT2D eigenvalue weighted by Crippen LogP contribution is 2.18. The van der Waals surface area contributed by atoms with Gasteiger partial charge in [0.15, 0.2) is 0 Å². The zero-order chi connectivity index (χ0) is 15.9. The Kier molecular flexibility index (Phi) is 5.14. The van der Waals surface area contributed by atoms with Crippen LogP contribution in [0.1, 0.15) is 11.1 Å². The summed E-state index contributed by atoms with van der Waals surface area (Å²) in [5, 5.41) is 11.2. The molecule has 0 N–H and O–H groups in total. The quantitative estimate of drug-likeness (QED) is 0.604. The molecular weight excluding hydrogens is 282 g/mol. The van der Waals surface area contributed by atoms with E-state index in [-0.39, 0.29) is 17.0 Å². The summed E-state index contributed by atoms with van der Waals surface area (Å²) in [6.45, 7) is 0. The lowest BCUT2D eigenvalue weighted by molar-refractivity contribution is -0.425. The lowest BCUT2D eigenvalue weighted by Gasteiger charge is -2.03. The number of nitrogens with zero attached hydrogens (tertiary/aromatic N) is 1. The molecule has 0 saturated carbocycles. The zero-order valence-corrected chi connectivity index (χ0v) is 12.5. The summed E-state index contributed by atoms with van der Waals surface area (Å²) >= 11 is 0. The summed E-state index contributed by atoms with van der Waals surface area (Å²) in [6.07, 6.45) is 1.83.